The molecule has 1 atom stereocenters. The van der Waals surface area contributed by atoms with Gasteiger partial charge in [0.05, 0.1) is 6.54 Å². The maximum absolute atomic E-state index is 13.0. The van der Waals surface area contributed by atoms with Gasteiger partial charge in [0.1, 0.15) is 11.9 Å². The molecule has 0 amide bonds. The predicted octanol–water partition coefficient (Wildman–Crippen LogP) is 0.265. The van der Waals surface area contributed by atoms with Crippen molar-refractivity contribution in [1.82, 2.24) is 9.97 Å². The minimum absolute atomic E-state index is 0.105. The number of nitrogens with zero attached hydrogens (tertiary/aromatic N) is 3. The van der Waals surface area contributed by atoms with Gasteiger partial charge in [-0.3, -0.25) is 0 Å². The molecular weight excluding hydrogens is 218 g/mol. The van der Waals surface area contributed by atoms with Crippen LogP contribution in [0.3, 0.4) is 0 Å². The summed E-state index contributed by atoms with van der Waals surface area (Å²) < 4.78 is 26.0. The first-order valence-corrected chi connectivity index (χ1v) is 4.88. The Hall–Kier alpha value is -1.50. The van der Waals surface area contributed by atoms with Crippen LogP contribution in [0.2, 0.25) is 0 Å². The quantitative estimate of drug-likeness (QED) is 0.724. The average molecular weight is 230 g/mol. The SMILES string of the molecule is Nc1ccnc(N2CCC(F)(F)C(O)C2)n1. The summed E-state index contributed by atoms with van der Waals surface area (Å²) in [6.07, 6.45) is -0.644. The number of aromatic nitrogens is 2. The number of nitrogens with two attached hydrogens (primary N) is 1. The van der Waals surface area contributed by atoms with Crippen molar-refractivity contribution in [3.8, 4) is 0 Å². The Balaban J connectivity index is 2.14. The fourth-order valence-corrected chi connectivity index (χ4v) is 1.58. The molecule has 1 saturated heterocycles. The number of halogens is 2. The largest absolute Gasteiger partial charge is 0.385 e. The normalized spacial score (nSPS) is 24.4. The predicted molar refractivity (Wildman–Crippen MR) is 54.2 cm³/mol. The van der Waals surface area contributed by atoms with Gasteiger partial charge in [-0.1, -0.05) is 0 Å². The van der Waals surface area contributed by atoms with Crippen molar-refractivity contribution in [1.29, 1.82) is 0 Å². The average Bonchev–Trinajstić information content (AvgIpc) is 2.22. The minimum atomic E-state index is -3.03. The van der Waals surface area contributed by atoms with Crippen LogP contribution < -0.4 is 10.6 Å². The van der Waals surface area contributed by atoms with Crippen LogP contribution in [-0.2, 0) is 0 Å². The van der Waals surface area contributed by atoms with E-state index in [1.54, 1.807) is 0 Å². The van der Waals surface area contributed by atoms with Crippen molar-refractivity contribution in [2.45, 2.75) is 18.4 Å². The third-order valence-corrected chi connectivity index (χ3v) is 2.54. The van der Waals surface area contributed by atoms with Gasteiger partial charge in [0.2, 0.25) is 5.95 Å². The van der Waals surface area contributed by atoms with E-state index in [4.69, 9.17) is 5.73 Å². The molecule has 1 aliphatic heterocycles. The first kappa shape index (κ1) is 11.0. The number of aliphatic hydroxyl groups is 1. The smallest absolute Gasteiger partial charge is 0.276 e. The number of anilines is 2. The molecule has 1 aromatic heterocycles. The first-order chi connectivity index (χ1) is 7.49. The number of nitrogen functional groups attached to an aromatic ring is 1. The van der Waals surface area contributed by atoms with Crippen LogP contribution in [0.15, 0.2) is 12.3 Å². The van der Waals surface area contributed by atoms with E-state index >= 15 is 0 Å². The fraction of sp³-hybridized carbons (Fsp3) is 0.556. The Morgan fingerprint density at radius 3 is 2.94 bits per heavy atom. The molecule has 5 nitrogen and oxygen atoms in total. The van der Waals surface area contributed by atoms with Crippen LogP contribution in [0.5, 0.6) is 0 Å². The van der Waals surface area contributed by atoms with Crippen LogP contribution in [0.1, 0.15) is 6.42 Å². The van der Waals surface area contributed by atoms with Crippen molar-refractivity contribution in [2.24, 2.45) is 0 Å². The molecule has 7 heteroatoms. The van der Waals surface area contributed by atoms with Crippen molar-refractivity contribution in [3.63, 3.8) is 0 Å². The van der Waals surface area contributed by atoms with Crippen molar-refractivity contribution >= 4 is 11.8 Å². The van der Waals surface area contributed by atoms with E-state index in [2.05, 4.69) is 9.97 Å². The Morgan fingerprint density at radius 2 is 2.31 bits per heavy atom. The highest BCUT2D eigenvalue weighted by molar-refractivity contribution is 5.38. The summed E-state index contributed by atoms with van der Waals surface area (Å²) in [5.74, 6) is -2.48. The van der Waals surface area contributed by atoms with Crippen LogP contribution in [0.25, 0.3) is 0 Å². The highest BCUT2D eigenvalue weighted by atomic mass is 19.3. The zero-order valence-electron chi connectivity index (χ0n) is 8.48. The molecule has 16 heavy (non-hydrogen) atoms. The summed E-state index contributed by atoms with van der Waals surface area (Å²) in [5, 5.41) is 9.26. The van der Waals surface area contributed by atoms with E-state index in [0.29, 0.717) is 0 Å². The van der Waals surface area contributed by atoms with Crippen molar-refractivity contribution in [3.05, 3.63) is 12.3 Å². The number of hydrogen-bond acceptors (Lipinski definition) is 5. The van der Waals surface area contributed by atoms with Gasteiger partial charge < -0.3 is 15.7 Å². The van der Waals surface area contributed by atoms with Gasteiger partial charge in [-0.2, -0.15) is 4.98 Å². The number of hydrogen-bond donors (Lipinski definition) is 2. The van der Waals surface area contributed by atoms with E-state index in [-0.39, 0.29) is 24.9 Å². The zero-order valence-corrected chi connectivity index (χ0v) is 8.48. The molecule has 3 N–H and O–H groups in total. The molecule has 0 bridgehead atoms. The Labute approximate surface area is 90.9 Å². The van der Waals surface area contributed by atoms with Crippen LogP contribution in [0.4, 0.5) is 20.5 Å². The van der Waals surface area contributed by atoms with E-state index in [1.807, 2.05) is 0 Å². The summed E-state index contributed by atoms with van der Waals surface area (Å²) in [4.78, 5) is 9.34. The lowest BCUT2D eigenvalue weighted by Crippen LogP contribution is -2.51. The van der Waals surface area contributed by atoms with Gasteiger partial charge >= 0.3 is 0 Å². The second-order valence-corrected chi connectivity index (χ2v) is 3.75. The monoisotopic (exact) mass is 230 g/mol. The number of piperidine rings is 1. The molecular formula is C9H12F2N4O. The second-order valence-electron chi connectivity index (χ2n) is 3.75. The van der Waals surface area contributed by atoms with Gasteiger partial charge in [0.25, 0.3) is 5.92 Å². The lowest BCUT2D eigenvalue weighted by molar-refractivity contribution is -0.118. The zero-order chi connectivity index (χ0) is 11.8. The third kappa shape index (κ3) is 2.04. The number of rotatable bonds is 1. The molecule has 1 unspecified atom stereocenters. The molecule has 2 rings (SSSR count). The molecule has 0 spiro atoms. The van der Waals surface area contributed by atoms with Crippen molar-refractivity contribution in [2.75, 3.05) is 23.7 Å². The van der Waals surface area contributed by atoms with E-state index in [1.165, 1.54) is 17.2 Å². The molecule has 0 saturated carbocycles. The summed E-state index contributed by atoms with van der Waals surface area (Å²) in [6, 6.07) is 1.51. The standard InChI is InChI=1S/C9H12F2N4O/c10-9(11)2-4-15(5-6(9)16)8-13-3-1-7(12)14-8/h1,3,6,16H,2,4-5H2,(H2,12,13,14). The van der Waals surface area contributed by atoms with Crippen LogP contribution in [0, 0.1) is 0 Å². The van der Waals surface area contributed by atoms with Gasteiger partial charge in [-0.05, 0) is 6.07 Å². The summed E-state index contributed by atoms with van der Waals surface area (Å²) in [5.41, 5.74) is 5.46. The Bertz CT molecular complexity index is 388. The van der Waals surface area contributed by atoms with Gasteiger partial charge in [0.15, 0.2) is 0 Å². The topological polar surface area (TPSA) is 75.3 Å². The highest BCUT2D eigenvalue weighted by Gasteiger charge is 2.43. The summed E-state index contributed by atoms with van der Waals surface area (Å²) in [7, 11) is 0. The molecule has 0 radical (unpaired) electrons. The highest BCUT2D eigenvalue weighted by Crippen LogP contribution is 2.29. The number of β-amino-alcohol motifs (C(OH)–C–C–N with tert-alkyl or cyclic N) is 1. The van der Waals surface area contributed by atoms with Crippen molar-refractivity contribution < 1.29 is 13.9 Å². The molecule has 0 aliphatic carbocycles. The second kappa shape index (κ2) is 3.82. The van der Waals surface area contributed by atoms with Gasteiger partial charge in [-0.15, -0.1) is 0 Å². The maximum Gasteiger partial charge on any atom is 0.276 e. The summed E-state index contributed by atoms with van der Waals surface area (Å²) >= 11 is 0. The van der Waals surface area contributed by atoms with E-state index in [9.17, 15) is 13.9 Å². The molecule has 0 aromatic carbocycles. The Kier molecular flexibility index (Phi) is 2.63. The minimum Gasteiger partial charge on any atom is -0.385 e. The van der Waals surface area contributed by atoms with Crippen LogP contribution >= 0.6 is 0 Å². The van der Waals surface area contributed by atoms with Crippen LogP contribution in [-0.4, -0.2) is 40.2 Å². The molecule has 1 fully saturated rings. The molecule has 88 valence electrons. The molecule has 2 heterocycles. The molecule has 1 aromatic rings. The van der Waals surface area contributed by atoms with E-state index in [0.717, 1.165) is 0 Å². The lowest BCUT2D eigenvalue weighted by atomic mass is 10.0. The number of alkyl halides is 2. The van der Waals surface area contributed by atoms with E-state index < -0.39 is 18.4 Å². The first-order valence-electron chi connectivity index (χ1n) is 4.88. The van der Waals surface area contributed by atoms with Gasteiger partial charge in [-0.25, -0.2) is 13.8 Å². The lowest BCUT2D eigenvalue weighted by Gasteiger charge is -2.35. The third-order valence-electron chi connectivity index (χ3n) is 2.54. The summed E-state index contributed by atoms with van der Waals surface area (Å²) in [6.45, 7) is -0.0794. The molecule has 1 aliphatic rings. The fourth-order valence-electron chi connectivity index (χ4n) is 1.58. The maximum atomic E-state index is 13.0. The Morgan fingerprint density at radius 1 is 1.56 bits per heavy atom. The number of aliphatic hydroxyl groups excluding tert-OH is 1. The van der Waals surface area contributed by atoms with Gasteiger partial charge in [0, 0.05) is 19.2 Å².